The van der Waals surface area contributed by atoms with Crippen molar-refractivity contribution in [3.63, 3.8) is 0 Å². The van der Waals surface area contributed by atoms with Gasteiger partial charge in [0, 0.05) is 5.57 Å². The van der Waals surface area contributed by atoms with E-state index < -0.39 is 8.32 Å². The highest BCUT2D eigenvalue weighted by Gasteiger charge is 2.37. The number of hydrogen-bond donors (Lipinski definition) is 0. The Kier molecular flexibility index (Phi) is 6.81. The minimum atomic E-state index is -1.65. The molecule has 0 amide bonds. The van der Waals surface area contributed by atoms with Crippen molar-refractivity contribution < 1.29 is 9.16 Å². The quantitative estimate of drug-likeness (QED) is 0.359. The Morgan fingerprint density at radius 2 is 1.86 bits per heavy atom. The first-order chi connectivity index (χ1) is 9.66. The molecule has 0 aromatic rings. The van der Waals surface area contributed by atoms with E-state index in [0.29, 0.717) is 11.9 Å². The van der Waals surface area contributed by atoms with E-state index in [0.717, 1.165) is 12.8 Å². The van der Waals surface area contributed by atoms with Crippen molar-refractivity contribution in [3.05, 3.63) is 23.7 Å². The van der Waals surface area contributed by atoms with Crippen molar-refractivity contribution in [3.8, 4) is 0 Å². The van der Waals surface area contributed by atoms with Crippen molar-refractivity contribution >= 4 is 31.8 Å². The van der Waals surface area contributed by atoms with Crippen molar-refractivity contribution in [2.45, 2.75) is 49.9 Å². The van der Waals surface area contributed by atoms with Crippen LogP contribution in [0.3, 0.4) is 0 Å². The monoisotopic (exact) mass is 346 g/mol. The molecule has 0 N–H and O–H groups in total. The molecule has 0 heterocycles. The molecule has 1 atom stereocenters. The first kappa shape index (κ1) is 19.0. The molecule has 21 heavy (non-hydrogen) atoms. The zero-order valence-corrected chi connectivity index (χ0v) is 17.2. The van der Waals surface area contributed by atoms with Crippen molar-refractivity contribution in [1.82, 2.24) is 0 Å². The van der Waals surface area contributed by atoms with E-state index in [2.05, 4.69) is 45.7 Å². The Hall–Kier alpha value is -0.00312. The fraction of sp³-hybridized carbons (Fsp3) is 0.750. The molecule has 0 radical (unpaired) electrons. The molecule has 1 saturated carbocycles. The molecule has 0 spiro atoms. The normalized spacial score (nSPS) is 23.0. The van der Waals surface area contributed by atoms with Gasteiger partial charge in [-0.1, -0.05) is 6.58 Å². The Morgan fingerprint density at radius 3 is 2.24 bits per heavy atom. The summed E-state index contributed by atoms with van der Waals surface area (Å²) in [5, 5.41) is 0. The molecule has 1 aliphatic carbocycles. The predicted molar refractivity (Wildman–Crippen MR) is 100 cm³/mol. The summed E-state index contributed by atoms with van der Waals surface area (Å²) < 4.78 is 11.9. The van der Waals surface area contributed by atoms with E-state index in [9.17, 15) is 0 Å². The van der Waals surface area contributed by atoms with Gasteiger partial charge < -0.3 is 9.16 Å². The van der Waals surface area contributed by atoms with E-state index >= 15 is 0 Å². The second kappa shape index (κ2) is 7.51. The lowest BCUT2D eigenvalue weighted by atomic mass is 9.81. The first-order valence-electron chi connectivity index (χ1n) is 7.41. The molecule has 1 aliphatic rings. The van der Waals surface area contributed by atoms with Gasteiger partial charge in [-0.15, -0.1) is 23.5 Å². The predicted octanol–water partition coefficient (Wildman–Crippen LogP) is 5.49. The van der Waals surface area contributed by atoms with Crippen LogP contribution in [-0.4, -0.2) is 32.0 Å². The number of allylic oxidation sites excluding steroid dienone is 2. The van der Waals surface area contributed by atoms with E-state index in [1.807, 2.05) is 23.5 Å². The van der Waals surface area contributed by atoms with Crippen LogP contribution in [0.2, 0.25) is 19.6 Å². The summed E-state index contributed by atoms with van der Waals surface area (Å²) in [5.41, 5.74) is 2.39. The van der Waals surface area contributed by atoms with Crippen molar-refractivity contribution in [2.75, 3.05) is 19.6 Å². The lowest BCUT2D eigenvalue weighted by molar-refractivity contribution is 0.139. The van der Waals surface area contributed by atoms with Gasteiger partial charge >= 0.3 is 0 Å². The summed E-state index contributed by atoms with van der Waals surface area (Å²) in [6.07, 6.45) is 7.64. The third-order valence-corrected chi connectivity index (χ3v) is 8.13. The largest absolute Gasteiger partial charge is 0.520 e. The van der Waals surface area contributed by atoms with Gasteiger partial charge in [0.1, 0.15) is 0 Å². The second-order valence-corrected chi connectivity index (χ2v) is 13.9. The molecule has 0 saturated heterocycles. The number of methoxy groups -OCH3 is 1. The molecule has 1 fully saturated rings. The van der Waals surface area contributed by atoms with Gasteiger partial charge in [-0.25, -0.2) is 0 Å². The molecule has 0 aromatic heterocycles. The van der Waals surface area contributed by atoms with E-state index in [4.69, 9.17) is 9.16 Å². The summed E-state index contributed by atoms with van der Waals surface area (Å²) in [6.45, 7) is 13.2. The molecule has 2 nitrogen and oxygen atoms in total. The highest BCUT2D eigenvalue weighted by Crippen LogP contribution is 2.49. The molecule has 1 rings (SSSR count). The van der Waals surface area contributed by atoms with Gasteiger partial charge in [0.05, 0.1) is 11.2 Å². The molecule has 1 unspecified atom stereocenters. The molecule has 0 aromatic carbocycles. The Balaban J connectivity index is 2.92. The average Bonchev–Trinajstić information content (AvgIpc) is 2.43. The Bertz CT molecular complexity index is 409. The van der Waals surface area contributed by atoms with Gasteiger partial charge in [0.2, 0.25) is 8.32 Å². The fourth-order valence-electron chi connectivity index (χ4n) is 2.63. The van der Waals surface area contributed by atoms with Crippen LogP contribution < -0.4 is 0 Å². The highest BCUT2D eigenvalue weighted by molar-refractivity contribution is 8.17. The number of thioether (sulfide) groups is 2. The molecular formula is C16H30O2S2Si. The number of hydrogen-bond acceptors (Lipinski definition) is 4. The van der Waals surface area contributed by atoms with Gasteiger partial charge in [0.25, 0.3) is 5.95 Å². The summed E-state index contributed by atoms with van der Waals surface area (Å²) in [5.74, 6) is 1.37. The second-order valence-electron chi connectivity index (χ2n) is 6.65. The molecule has 0 aliphatic heterocycles. The fourth-order valence-corrected chi connectivity index (χ4v) is 5.13. The summed E-state index contributed by atoms with van der Waals surface area (Å²) in [4.78, 5) is 0. The van der Waals surface area contributed by atoms with E-state index in [1.54, 1.807) is 7.11 Å². The van der Waals surface area contributed by atoms with Crippen LogP contribution in [-0.2, 0) is 9.16 Å². The average molecular weight is 347 g/mol. The van der Waals surface area contributed by atoms with Crippen LogP contribution in [0.15, 0.2) is 23.7 Å². The lowest BCUT2D eigenvalue weighted by Gasteiger charge is -2.39. The van der Waals surface area contributed by atoms with Crippen molar-refractivity contribution in [1.29, 1.82) is 0 Å². The molecule has 5 heteroatoms. The molecular weight excluding hydrogens is 316 g/mol. The van der Waals surface area contributed by atoms with E-state index in [-0.39, 0.29) is 4.08 Å². The maximum absolute atomic E-state index is 6.10. The number of ether oxygens (including phenoxy) is 1. The minimum Gasteiger partial charge on any atom is -0.520 e. The van der Waals surface area contributed by atoms with Crippen LogP contribution in [0.4, 0.5) is 0 Å². The van der Waals surface area contributed by atoms with E-state index in [1.165, 1.54) is 17.6 Å². The van der Waals surface area contributed by atoms with Crippen LogP contribution in [0.5, 0.6) is 0 Å². The molecule has 0 bridgehead atoms. The van der Waals surface area contributed by atoms with Gasteiger partial charge in [-0.3, -0.25) is 0 Å². The Labute approximate surface area is 140 Å². The van der Waals surface area contributed by atoms with Gasteiger partial charge in [-0.05, 0) is 69.8 Å². The zero-order chi connectivity index (χ0) is 16.3. The van der Waals surface area contributed by atoms with Crippen LogP contribution in [0.25, 0.3) is 0 Å². The maximum Gasteiger partial charge on any atom is 0.268 e. The Morgan fingerprint density at radius 1 is 1.29 bits per heavy atom. The van der Waals surface area contributed by atoms with Gasteiger partial charge in [0.15, 0.2) is 0 Å². The summed E-state index contributed by atoms with van der Waals surface area (Å²) in [6, 6.07) is 0. The third kappa shape index (κ3) is 5.00. The van der Waals surface area contributed by atoms with Crippen LogP contribution in [0.1, 0.15) is 26.2 Å². The first-order valence-corrected chi connectivity index (χ1v) is 13.3. The maximum atomic E-state index is 6.10. The smallest absolute Gasteiger partial charge is 0.268 e. The standard InChI is InChI=1S/C16H30O2S2Si/c1-12-11-13(16(2,19-4)20-5)9-10-14(12)15(17-3)18-21(6,7)8/h13H,1,9-11H2,2-8H3/b15-14+. The third-order valence-electron chi connectivity index (χ3n) is 4.05. The van der Waals surface area contributed by atoms with Crippen LogP contribution in [0, 0.1) is 5.92 Å². The van der Waals surface area contributed by atoms with Crippen molar-refractivity contribution in [2.24, 2.45) is 5.92 Å². The SMILES string of the molecule is C=C1CC(C(C)(SC)SC)CC/C1=C(/OC)O[Si](C)(C)C. The minimum absolute atomic E-state index is 0.265. The lowest BCUT2D eigenvalue weighted by Crippen LogP contribution is -2.31. The topological polar surface area (TPSA) is 18.5 Å². The molecule has 122 valence electrons. The summed E-state index contributed by atoms with van der Waals surface area (Å²) >= 11 is 3.91. The summed E-state index contributed by atoms with van der Waals surface area (Å²) in [7, 11) is 0.0497. The number of rotatable bonds is 6. The van der Waals surface area contributed by atoms with Gasteiger partial charge in [-0.2, -0.15) is 0 Å². The van der Waals surface area contributed by atoms with Crippen LogP contribution >= 0.6 is 23.5 Å². The zero-order valence-electron chi connectivity index (χ0n) is 14.5. The highest BCUT2D eigenvalue weighted by atomic mass is 32.2.